The fraction of sp³-hybridized carbons (Fsp3) is 0.867. The zero-order chi connectivity index (χ0) is 15.9. The van der Waals surface area contributed by atoms with Gasteiger partial charge in [-0.05, 0) is 46.5 Å². The van der Waals surface area contributed by atoms with Gasteiger partial charge in [-0.15, -0.1) is 0 Å². The van der Waals surface area contributed by atoms with Crippen molar-refractivity contribution in [2.75, 3.05) is 26.8 Å². The van der Waals surface area contributed by atoms with Gasteiger partial charge in [0.05, 0.1) is 0 Å². The monoisotopic (exact) mass is 300 g/mol. The summed E-state index contributed by atoms with van der Waals surface area (Å²) in [7, 11) is 1.50. The molecule has 0 aromatic heterocycles. The van der Waals surface area contributed by atoms with Gasteiger partial charge in [-0.2, -0.15) is 0 Å². The van der Waals surface area contributed by atoms with Gasteiger partial charge >= 0.3 is 6.09 Å². The van der Waals surface area contributed by atoms with Crippen LogP contribution in [0.5, 0.6) is 0 Å². The Morgan fingerprint density at radius 1 is 1.33 bits per heavy atom. The van der Waals surface area contributed by atoms with Crippen molar-refractivity contribution in [3.63, 3.8) is 0 Å². The molecule has 0 aliphatic carbocycles. The van der Waals surface area contributed by atoms with Gasteiger partial charge in [0, 0.05) is 26.2 Å². The Bertz CT molecular complexity index is 352. The van der Waals surface area contributed by atoms with Crippen LogP contribution >= 0.6 is 0 Å². The molecule has 1 atom stereocenters. The highest BCUT2D eigenvalue weighted by Gasteiger charge is 2.31. The smallest absolute Gasteiger partial charge is 0.410 e. The van der Waals surface area contributed by atoms with Crippen LogP contribution in [-0.4, -0.2) is 55.3 Å². The van der Waals surface area contributed by atoms with E-state index in [0.29, 0.717) is 6.54 Å². The molecule has 1 rings (SSSR count). The van der Waals surface area contributed by atoms with E-state index >= 15 is 0 Å². The van der Waals surface area contributed by atoms with Crippen molar-refractivity contribution in [3.8, 4) is 0 Å². The van der Waals surface area contributed by atoms with Gasteiger partial charge in [0.2, 0.25) is 5.91 Å². The van der Waals surface area contributed by atoms with Gasteiger partial charge < -0.3 is 19.7 Å². The predicted molar refractivity (Wildman–Crippen MR) is 80.1 cm³/mol. The molecule has 2 amide bonds. The number of likely N-dealkylation sites (tertiary alicyclic amines) is 1. The first-order valence-corrected chi connectivity index (χ1v) is 7.59. The van der Waals surface area contributed by atoms with Crippen LogP contribution in [0.25, 0.3) is 0 Å². The molecule has 6 heteroatoms. The van der Waals surface area contributed by atoms with E-state index in [1.807, 2.05) is 25.7 Å². The lowest BCUT2D eigenvalue weighted by Gasteiger charge is -2.28. The first kappa shape index (κ1) is 17.8. The average Bonchev–Trinajstić information content (AvgIpc) is 2.81. The van der Waals surface area contributed by atoms with Crippen molar-refractivity contribution in [1.82, 2.24) is 10.2 Å². The summed E-state index contributed by atoms with van der Waals surface area (Å²) in [5.41, 5.74) is -0.460. The number of methoxy groups -OCH3 is 1. The van der Waals surface area contributed by atoms with E-state index in [1.54, 1.807) is 0 Å². The molecule has 0 bridgehead atoms. The average molecular weight is 300 g/mol. The third-order valence-electron chi connectivity index (χ3n) is 3.32. The highest BCUT2D eigenvalue weighted by atomic mass is 16.6. The van der Waals surface area contributed by atoms with Crippen LogP contribution in [0.2, 0.25) is 0 Å². The van der Waals surface area contributed by atoms with E-state index in [9.17, 15) is 9.59 Å². The van der Waals surface area contributed by atoms with Crippen LogP contribution in [-0.2, 0) is 14.3 Å². The molecule has 1 unspecified atom stereocenters. The first-order chi connectivity index (χ1) is 9.83. The second-order valence-corrected chi connectivity index (χ2v) is 6.39. The molecule has 1 N–H and O–H groups in total. The lowest BCUT2D eigenvalue weighted by atomic mass is 10.1. The molecule has 0 spiro atoms. The standard InChI is InChI=1S/C15H28N2O4/c1-15(2,3)21-14(19)17-10-6-8-12(17)7-5-9-16-13(18)11-20-4/h12H,5-11H2,1-4H3,(H,16,18). The zero-order valence-corrected chi connectivity index (χ0v) is 13.6. The molecule has 0 saturated carbocycles. The molecular weight excluding hydrogens is 272 g/mol. The first-order valence-electron chi connectivity index (χ1n) is 7.59. The highest BCUT2D eigenvalue weighted by Crippen LogP contribution is 2.23. The second kappa shape index (κ2) is 8.22. The Morgan fingerprint density at radius 3 is 2.67 bits per heavy atom. The molecule has 0 aromatic rings. The third-order valence-corrected chi connectivity index (χ3v) is 3.32. The van der Waals surface area contributed by atoms with Gasteiger partial charge in [0.25, 0.3) is 0 Å². The van der Waals surface area contributed by atoms with Crippen LogP contribution in [0.15, 0.2) is 0 Å². The van der Waals surface area contributed by atoms with Gasteiger partial charge in [-0.1, -0.05) is 0 Å². The molecule has 1 aliphatic rings. The summed E-state index contributed by atoms with van der Waals surface area (Å²) in [6, 6.07) is 0.221. The number of carbonyl (C=O) groups is 2. The molecule has 6 nitrogen and oxygen atoms in total. The number of rotatable bonds is 6. The van der Waals surface area contributed by atoms with Crippen LogP contribution in [0.1, 0.15) is 46.5 Å². The Morgan fingerprint density at radius 2 is 2.05 bits per heavy atom. The van der Waals surface area contributed by atoms with E-state index < -0.39 is 5.60 Å². The summed E-state index contributed by atoms with van der Waals surface area (Å²) < 4.78 is 10.2. The summed E-state index contributed by atoms with van der Waals surface area (Å²) in [6.45, 7) is 7.09. The summed E-state index contributed by atoms with van der Waals surface area (Å²) in [5, 5.41) is 2.79. The van der Waals surface area contributed by atoms with E-state index in [4.69, 9.17) is 9.47 Å². The largest absolute Gasteiger partial charge is 0.444 e. The van der Waals surface area contributed by atoms with Crippen molar-refractivity contribution in [2.24, 2.45) is 0 Å². The number of ether oxygens (including phenoxy) is 2. The number of amides is 2. The van der Waals surface area contributed by atoms with Crippen LogP contribution in [0.4, 0.5) is 4.79 Å². The zero-order valence-electron chi connectivity index (χ0n) is 13.6. The number of carbonyl (C=O) groups excluding carboxylic acids is 2. The quantitative estimate of drug-likeness (QED) is 0.761. The number of nitrogens with one attached hydrogen (secondary N) is 1. The van der Waals surface area contributed by atoms with Crippen LogP contribution in [0, 0.1) is 0 Å². The number of hydrogen-bond donors (Lipinski definition) is 1. The lowest BCUT2D eigenvalue weighted by molar-refractivity contribution is -0.124. The Balaban J connectivity index is 2.30. The highest BCUT2D eigenvalue weighted by molar-refractivity contribution is 5.77. The minimum atomic E-state index is -0.460. The van der Waals surface area contributed by atoms with E-state index in [0.717, 1.165) is 32.2 Å². The summed E-state index contributed by atoms with van der Waals surface area (Å²) in [4.78, 5) is 25.2. The summed E-state index contributed by atoms with van der Waals surface area (Å²) in [6.07, 6.45) is 3.52. The molecule has 1 fully saturated rings. The molecular formula is C15H28N2O4. The Kier molecular flexibility index (Phi) is 6.95. The number of nitrogens with zero attached hydrogens (tertiary/aromatic N) is 1. The van der Waals surface area contributed by atoms with Crippen molar-refractivity contribution in [2.45, 2.75) is 58.1 Å². The van der Waals surface area contributed by atoms with E-state index in [2.05, 4.69) is 5.32 Å². The molecule has 1 saturated heterocycles. The van der Waals surface area contributed by atoms with Crippen LogP contribution < -0.4 is 5.32 Å². The molecule has 1 heterocycles. The minimum absolute atomic E-state index is 0.0907. The maximum absolute atomic E-state index is 12.1. The Labute approximate surface area is 127 Å². The predicted octanol–water partition coefficient (Wildman–Crippen LogP) is 1.93. The van der Waals surface area contributed by atoms with Gasteiger partial charge in [-0.25, -0.2) is 4.79 Å². The van der Waals surface area contributed by atoms with E-state index in [1.165, 1.54) is 7.11 Å². The fourth-order valence-corrected chi connectivity index (χ4v) is 2.44. The van der Waals surface area contributed by atoms with Gasteiger partial charge in [-0.3, -0.25) is 4.79 Å². The number of hydrogen-bond acceptors (Lipinski definition) is 4. The Hall–Kier alpha value is -1.30. The maximum atomic E-state index is 12.1. The molecule has 0 radical (unpaired) electrons. The van der Waals surface area contributed by atoms with Crippen molar-refractivity contribution in [3.05, 3.63) is 0 Å². The summed E-state index contributed by atoms with van der Waals surface area (Å²) >= 11 is 0. The van der Waals surface area contributed by atoms with Crippen molar-refractivity contribution >= 4 is 12.0 Å². The van der Waals surface area contributed by atoms with E-state index in [-0.39, 0.29) is 24.6 Å². The molecule has 21 heavy (non-hydrogen) atoms. The van der Waals surface area contributed by atoms with Crippen molar-refractivity contribution in [1.29, 1.82) is 0 Å². The molecule has 0 aromatic carbocycles. The minimum Gasteiger partial charge on any atom is -0.444 e. The third kappa shape index (κ3) is 6.80. The normalized spacial score (nSPS) is 18.7. The maximum Gasteiger partial charge on any atom is 0.410 e. The fourth-order valence-electron chi connectivity index (χ4n) is 2.44. The molecule has 1 aliphatic heterocycles. The molecule has 122 valence electrons. The lowest BCUT2D eigenvalue weighted by Crippen LogP contribution is -2.40. The second-order valence-electron chi connectivity index (χ2n) is 6.39. The van der Waals surface area contributed by atoms with Crippen molar-refractivity contribution < 1.29 is 19.1 Å². The summed E-state index contributed by atoms with van der Waals surface area (Å²) in [5.74, 6) is -0.104. The SMILES string of the molecule is COCC(=O)NCCCC1CCCN1C(=O)OC(C)(C)C. The topological polar surface area (TPSA) is 67.9 Å². The van der Waals surface area contributed by atoms with Gasteiger partial charge in [0.15, 0.2) is 0 Å². The van der Waals surface area contributed by atoms with Crippen LogP contribution in [0.3, 0.4) is 0 Å². The van der Waals surface area contributed by atoms with Gasteiger partial charge in [0.1, 0.15) is 12.2 Å².